The van der Waals surface area contributed by atoms with Crippen molar-refractivity contribution in [2.75, 3.05) is 13.1 Å². The number of aryl methyl sites for hydroxylation is 1. The number of likely N-dealkylation sites (N-methyl/N-ethyl adjacent to an activating group) is 1. The van der Waals surface area contributed by atoms with Crippen molar-refractivity contribution in [1.82, 2.24) is 20.5 Å². The molecule has 2 fully saturated rings. The molecule has 1 saturated heterocycles. The van der Waals surface area contributed by atoms with Crippen molar-refractivity contribution in [3.63, 3.8) is 0 Å². The molecule has 0 bridgehead atoms. The highest BCUT2D eigenvalue weighted by Crippen LogP contribution is 2.29. The summed E-state index contributed by atoms with van der Waals surface area (Å²) in [7, 11) is 0. The summed E-state index contributed by atoms with van der Waals surface area (Å²) in [6, 6.07) is 4.31. The van der Waals surface area contributed by atoms with Gasteiger partial charge in [0.15, 0.2) is 0 Å². The number of nitrogens with one attached hydrogen (secondary N) is 2. The molecule has 148 valence electrons. The fraction of sp³-hybridized carbons (Fsp3) is 0.667. The van der Waals surface area contributed by atoms with E-state index >= 15 is 0 Å². The molecule has 1 aromatic heterocycles. The van der Waals surface area contributed by atoms with Crippen LogP contribution in [0.4, 0.5) is 0 Å². The summed E-state index contributed by atoms with van der Waals surface area (Å²) >= 11 is 0. The Balaban J connectivity index is 1.55. The van der Waals surface area contributed by atoms with Crippen LogP contribution < -0.4 is 10.6 Å². The van der Waals surface area contributed by atoms with Gasteiger partial charge in [-0.2, -0.15) is 0 Å². The highest BCUT2D eigenvalue weighted by atomic mass is 16.2. The Labute approximate surface area is 162 Å². The summed E-state index contributed by atoms with van der Waals surface area (Å²) in [5.74, 6) is 0.175. The molecule has 1 saturated carbocycles. The zero-order valence-corrected chi connectivity index (χ0v) is 16.3. The second-order valence-electron chi connectivity index (χ2n) is 7.75. The molecule has 2 atom stereocenters. The molecule has 2 amide bonds. The number of aromatic nitrogens is 1. The molecule has 6 nitrogen and oxygen atoms in total. The van der Waals surface area contributed by atoms with Crippen molar-refractivity contribution in [3.8, 4) is 0 Å². The zero-order chi connectivity index (χ0) is 19.1. The third-order valence-corrected chi connectivity index (χ3v) is 5.79. The molecule has 2 N–H and O–H groups in total. The minimum absolute atomic E-state index is 0.0597. The van der Waals surface area contributed by atoms with Crippen LogP contribution >= 0.6 is 0 Å². The molecule has 2 heterocycles. The first kappa shape index (κ1) is 19.8. The number of carbonyl (C=O) groups is 2. The molecule has 1 aromatic rings. The molecule has 0 unspecified atom stereocenters. The zero-order valence-electron chi connectivity index (χ0n) is 16.3. The van der Waals surface area contributed by atoms with Crippen LogP contribution in [0.25, 0.3) is 0 Å². The van der Waals surface area contributed by atoms with Crippen LogP contribution in [0.15, 0.2) is 24.5 Å². The van der Waals surface area contributed by atoms with Gasteiger partial charge in [-0.05, 0) is 50.3 Å². The highest BCUT2D eigenvalue weighted by Gasteiger charge is 2.40. The maximum absolute atomic E-state index is 12.6. The lowest BCUT2D eigenvalue weighted by Gasteiger charge is -2.34. The second-order valence-corrected chi connectivity index (χ2v) is 7.75. The van der Waals surface area contributed by atoms with E-state index < -0.39 is 0 Å². The molecule has 27 heavy (non-hydrogen) atoms. The molecule has 0 aromatic carbocycles. The highest BCUT2D eigenvalue weighted by molar-refractivity contribution is 5.82. The topological polar surface area (TPSA) is 74.3 Å². The van der Waals surface area contributed by atoms with E-state index in [-0.39, 0.29) is 23.9 Å². The molecule has 1 aliphatic carbocycles. The first-order chi connectivity index (χ1) is 13.2. The van der Waals surface area contributed by atoms with Crippen molar-refractivity contribution >= 4 is 11.8 Å². The van der Waals surface area contributed by atoms with Crippen LogP contribution in [0.5, 0.6) is 0 Å². The van der Waals surface area contributed by atoms with Crippen molar-refractivity contribution in [3.05, 3.63) is 30.1 Å². The van der Waals surface area contributed by atoms with Crippen molar-refractivity contribution in [2.45, 2.75) is 76.4 Å². The number of carbonyl (C=O) groups excluding carboxylic acids is 2. The summed E-state index contributed by atoms with van der Waals surface area (Å²) in [6.07, 6.45) is 11.5. The number of rotatable bonds is 7. The maximum atomic E-state index is 12.6. The van der Waals surface area contributed by atoms with E-state index in [1.165, 1.54) is 32.1 Å². The molecule has 3 rings (SSSR count). The average Bonchev–Trinajstić information content (AvgIpc) is 3.12. The summed E-state index contributed by atoms with van der Waals surface area (Å²) in [6.45, 7) is 3.39. The van der Waals surface area contributed by atoms with Gasteiger partial charge in [-0.25, -0.2) is 0 Å². The van der Waals surface area contributed by atoms with Gasteiger partial charge in [-0.3, -0.25) is 19.5 Å². The Morgan fingerprint density at radius 2 is 1.93 bits per heavy atom. The lowest BCUT2D eigenvalue weighted by atomic mass is 9.93. The van der Waals surface area contributed by atoms with Crippen molar-refractivity contribution in [1.29, 1.82) is 0 Å². The monoisotopic (exact) mass is 372 g/mol. The van der Waals surface area contributed by atoms with E-state index in [2.05, 4.69) is 20.5 Å². The van der Waals surface area contributed by atoms with Gasteiger partial charge in [0.1, 0.15) is 0 Å². The van der Waals surface area contributed by atoms with Crippen LogP contribution in [0.1, 0.15) is 57.4 Å². The van der Waals surface area contributed by atoms with Gasteiger partial charge in [0.2, 0.25) is 11.8 Å². The standard InChI is InChI=1S/C21H32N4O2/c1-2-23-21(27)19-14-17(15-25(19)18-6-4-3-5-7-18)24-20(26)9-8-16-10-12-22-13-11-16/h10-13,17-19H,2-9,14-15H2,1H3,(H,23,27)(H,24,26)/t17-,19-/m0/s1. The number of amides is 2. The molecule has 0 spiro atoms. The number of likely N-dealkylation sites (tertiary alicyclic amines) is 1. The Morgan fingerprint density at radius 3 is 2.63 bits per heavy atom. The smallest absolute Gasteiger partial charge is 0.237 e. The maximum Gasteiger partial charge on any atom is 0.237 e. The van der Waals surface area contributed by atoms with Crippen LogP contribution in [0, 0.1) is 0 Å². The van der Waals surface area contributed by atoms with Gasteiger partial charge in [0.25, 0.3) is 0 Å². The van der Waals surface area contributed by atoms with E-state index in [9.17, 15) is 9.59 Å². The van der Waals surface area contributed by atoms with Crippen molar-refractivity contribution < 1.29 is 9.59 Å². The third-order valence-electron chi connectivity index (χ3n) is 5.79. The molecule has 2 aliphatic rings. The predicted octanol–water partition coefficient (Wildman–Crippen LogP) is 2.04. The third kappa shape index (κ3) is 5.51. The normalized spacial score (nSPS) is 23.9. The van der Waals surface area contributed by atoms with Gasteiger partial charge in [0, 0.05) is 44.0 Å². The quantitative estimate of drug-likeness (QED) is 0.768. The lowest BCUT2D eigenvalue weighted by Crippen LogP contribution is -2.48. The minimum Gasteiger partial charge on any atom is -0.355 e. The summed E-state index contributed by atoms with van der Waals surface area (Å²) in [5.41, 5.74) is 1.12. The van der Waals surface area contributed by atoms with Gasteiger partial charge in [-0.15, -0.1) is 0 Å². The fourth-order valence-corrected chi connectivity index (χ4v) is 4.44. The second kappa shape index (κ2) is 9.83. The molecule has 6 heteroatoms. The molecule has 0 radical (unpaired) electrons. The first-order valence-corrected chi connectivity index (χ1v) is 10.4. The van der Waals surface area contributed by atoms with Crippen LogP contribution in [-0.2, 0) is 16.0 Å². The van der Waals surface area contributed by atoms with Gasteiger partial charge < -0.3 is 10.6 Å². The Kier molecular flexibility index (Phi) is 7.21. The van der Waals surface area contributed by atoms with Gasteiger partial charge in [0.05, 0.1) is 6.04 Å². The molecular weight excluding hydrogens is 340 g/mol. The van der Waals surface area contributed by atoms with Crippen LogP contribution in [0.2, 0.25) is 0 Å². The first-order valence-electron chi connectivity index (χ1n) is 10.4. The fourth-order valence-electron chi connectivity index (χ4n) is 4.44. The van der Waals surface area contributed by atoms with Gasteiger partial charge in [-0.1, -0.05) is 19.3 Å². The minimum atomic E-state index is -0.112. The number of hydrogen-bond acceptors (Lipinski definition) is 4. The Morgan fingerprint density at radius 1 is 1.19 bits per heavy atom. The van der Waals surface area contributed by atoms with Gasteiger partial charge >= 0.3 is 0 Å². The van der Waals surface area contributed by atoms with E-state index in [0.29, 0.717) is 31.8 Å². The SMILES string of the molecule is CCNC(=O)[C@@H]1C[C@H](NC(=O)CCc2ccncc2)CN1C1CCCCC1. The number of nitrogens with zero attached hydrogens (tertiary/aromatic N) is 2. The van der Waals surface area contributed by atoms with Crippen LogP contribution in [0.3, 0.4) is 0 Å². The molecule has 1 aliphatic heterocycles. The number of pyridine rings is 1. The predicted molar refractivity (Wildman–Crippen MR) is 105 cm³/mol. The van der Waals surface area contributed by atoms with E-state index in [1.54, 1.807) is 12.4 Å². The average molecular weight is 373 g/mol. The summed E-state index contributed by atoms with van der Waals surface area (Å²) < 4.78 is 0. The Hall–Kier alpha value is -1.95. The molecular formula is C21H32N4O2. The van der Waals surface area contributed by atoms with Crippen LogP contribution in [-0.4, -0.2) is 52.9 Å². The van der Waals surface area contributed by atoms with Crippen molar-refractivity contribution in [2.24, 2.45) is 0 Å². The largest absolute Gasteiger partial charge is 0.355 e. The van der Waals surface area contributed by atoms with E-state index in [1.807, 2.05) is 19.1 Å². The number of hydrogen-bond donors (Lipinski definition) is 2. The van der Waals surface area contributed by atoms with E-state index in [0.717, 1.165) is 12.1 Å². The summed E-state index contributed by atoms with van der Waals surface area (Å²) in [5, 5.41) is 6.15. The summed E-state index contributed by atoms with van der Waals surface area (Å²) in [4.78, 5) is 31.3. The lowest BCUT2D eigenvalue weighted by molar-refractivity contribution is -0.126. The Bertz CT molecular complexity index is 616. The van der Waals surface area contributed by atoms with E-state index in [4.69, 9.17) is 0 Å².